The molecule has 3 rings (SSSR count). The average Bonchev–Trinajstić information content (AvgIpc) is 2.77. The summed E-state index contributed by atoms with van der Waals surface area (Å²) in [5.74, 6) is 0.361. The van der Waals surface area contributed by atoms with Crippen LogP contribution >= 0.6 is 11.6 Å². The Morgan fingerprint density at radius 3 is 2.50 bits per heavy atom. The maximum absolute atomic E-state index is 12.7. The normalized spacial score (nSPS) is 11.0. The summed E-state index contributed by atoms with van der Waals surface area (Å²) < 4.78 is 33.3. The van der Waals surface area contributed by atoms with E-state index in [4.69, 9.17) is 16.3 Å². The second-order valence-corrected chi connectivity index (χ2v) is 9.11. The molecule has 0 aliphatic carbocycles. The third-order valence-corrected chi connectivity index (χ3v) is 6.63. The zero-order chi connectivity index (χ0) is 23.3. The molecular formula is C24H23ClN2O4S. The lowest BCUT2D eigenvalue weighted by Gasteiger charge is -2.12. The lowest BCUT2D eigenvalue weighted by Crippen LogP contribution is -2.15. The van der Waals surface area contributed by atoms with Gasteiger partial charge in [0.2, 0.25) is 0 Å². The first-order valence-electron chi connectivity index (χ1n) is 9.72. The lowest BCUT2D eigenvalue weighted by atomic mass is 10.1. The van der Waals surface area contributed by atoms with Crippen molar-refractivity contribution in [1.29, 1.82) is 0 Å². The van der Waals surface area contributed by atoms with Gasteiger partial charge in [0.25, 0.3) is 15.9 Å². The number of carbonyl (C=O) groups excluding carboxylic acids is 1. The summed E-state index contributed by atoms with van der Waals surface area (Å²) in [6, 6.07) is 16.1. The summed E-state index contributed by atoms with van der Waals surface area (Å²) in [4.78, 5) is 12.7. The molecule has 0 spiro atoms. The van der Waals surface area contributed by atoms with Crippen LogP contribution in [0.4, 0.5) is 11.4 Å². The van der Waals surface area contributed by atoms with Crippen LogP contribution in [0.15, 0.2) is 78.2 Å². The molecular weight excluding hydrogens is 448 g/mol. The standard InChI is InChI=1S/C24H23ClN2O4S/c1-4-6-17-15-18(9-14-23(17)31-3)24(28)26-19-10-12-20(13-11-19)32(29,30)27-22-8-5-7-21(25)16(22)2/h4-5,7-15,27H,1,6H2,2-3H3,(H,26,28). The summed E-state index contributed by atoms with van der Waals surface area (Å²) >= 11 is 6.07. The van der Waals surface area contributed by atoms with Gasteiger partial charge in [-0.3, -0.25) is 9.52 Å². The van der Waals surface area contributed by atoms with Gasteiger partial charge in [0, 0.05) is 16.3 Å². The van der Waals surface area contributed by atoms with Gasteiger partial charge < -0.3 is 10.1 Å². The van der Waals surface area contributed by atoms with E-state index in [2.05, 4.69) is 16.6 Å². The van der Waals surface area contributed by atoms with Crippen LogP contribution in [-0.4, -0.2) is 21.4 Å². The molecule has 32 heavy (non-hydrogen) atoms. The van der Waals surface area contributed by atoms with Gasteiger partial charge >= 0.3 is 0 Å². The molecule has 0 fully saturated rings. The molecule has 3 aromatic carbocycles. The highest BCUT2D eigenvalue weighted by Crippen LogP contribution is 2.26. The molecule has 2 N–H and O–H groups in total. The highest BCUT2D eigenvalue weighted by atomic mass is 35.5. The molecule has 6 nitrogen and oxygen atoms in total. The Kier molecular flexibility index (Phi) is 7.22. The average molecular weight is 471 g/mol. The van der Waals surface area contributed by atoms with Gasteiger partial charge in [0.1, 0.15) is 5.75 Å². The van der Waals surface area contributed by atoms with Crippen LogP contribution in [0.1, 0.15) is 21.5 Å². The minimum absolute atomic E-state index is 0.0626. The van der Waals surface area contributed by atoms with E-state index in [0.29, 0.717) is 39.7 Å². The molecule has 0 atom stereocenters. The molecule has 166 valence electrons. The Labute approximate surface area is 192 Å². The molecule has 0 unspecified atom stereocenters. The molecule has 0 aromatic heterocycles. The molecule has 0 saturated carbocycles. The fourth-order valence-electron chi connectivity index (χ4n) is 3.08. The zero-order valence-corrected chi connectivity index (χ0v) is 19.3. The SMILES string of the molecule is C=CCc1cc(C(=O)Nc2ccc(S(=O)(=O)Nc3cccc(Cl)c3C)cc2)ccc1OC. The number of hydrogen-bond acceptors (Lipinski definition) is 4. The van der Waals surface area contributed by atoms with Crippen molar-refractivity contribution in [2.45, 2.75) is 18.2 Å². The van der Waals surface area contributed by atoms with Crippen LogP contribution in [-0.2, 0) is 16.4 Å². The minimum atomic E-state index is -3.81. The number of sulfonamides is 1. The molecule has 0 aliphatic heterocycles. The largest absolute Gasteiger partial charge is 0.496 e. The van der Waals surface area contributed by atoms with E-state index in [9.17, 15) is 13.2 Å². The van der Waals surface area contributed by atoms with Crippen molar-refractivity contribution in [3.63, 3.8) is 0 Å². The number of hydrogen-bond donors (Lipinski definition) is 2. The predicted molar refractivity (Wildman–Crippen MR) is 128 cm³/mol. The number of ether oxygens (including phenoxy) is 1. The van der Waals surface area contributed by atoms with Crippen LogP contribution in [0.5, 0.6) is 5.75 Å². The van der Waals surface area contributed by atoms with Crippen molar-refractivity contribution in [2.24, 2.45) is 0 Å². The Balaban J connectivity index is 1.75. The van der Waals surface area contributed by atoms with E-state index in [1.165, 1.54) is 24.3 Å². The highest BCUT2D eigenvalue weighted by Gasteiger charge is 2.16. The number of anilines is 2. The molecule has 3 aromatic rings. The van der Waals surface area contributed by atoms with Gasteiger partial charge in [-0.1, -0.05) is 23.7 Å². The molecule has 0 aliphatic rings. The number of rotatable bonds is 8. The second kappa shape index (κ2) is 9.89. The maximum Gasteiger partial charge on any atom is 0.261 e. The Hall–Kier alpha value is -3.29. The second-order valence-electron chi connectivity index (χ2n) is 7.02. The number of halogens is 1. The number of benzene rings is 3. The van der Waals surface area contributed by atoms with E-state index >= 15 is 0 Å². The lowest BCUT2D eigenvalue weighted by molar-refractivity contribution is 0.102. The maximum atomic E-state index is 12.7. The predicted octanol–water partition coefficient (Wildman–Crippen LogP) is 5.44. The Morgan fingerprint density at radius 1 is 1.12 bits per heavy atom. The van der Waals surface area contributed by atoms with E-state index < -0.39 is 10.0 Å². The van der Waals surface area contributed by atoms with Gasteiger partial charge in [-0.15, -0.1) is 6.58 Å². The van der Waals surface area contributed by atoms with Crippen LogP contribution in [0.3, 0.4) is 0 Å². The Bertz CT molecular complexity index is 1260. The smallest absolute Gasteiger partial charge is 0.261 e. The summed E-state index contributed by atoms with van der Waals surface area (Å²) in [5.41, 5.74) is 2.81. The molecule has 1 amide bonds. The first-order chi connectivity index (χ1) is 15.2. The summed E-state index contributed by atoms with van der Waals surface area (Å²) in [6.07, 6.45) is 2.30. The highest BCUT2D eigenvalue weighted by molar-refractivity contribution is 7.92. The van der Waals surface area contributed by atoms with E-state index in [1.807, 2.05) is 0 Å². The van der Waals surface area contributed by atoms with E-state index in [0.717, 1.165) is 5.56 Å². The number of amides is 1. The van der Waals surface area contributed by atoms with Crippen molar-refractivity contribution in [3.8, 4) is 5.75 Å². The first kappa shape index (κ1) is 23.4. The van der Waals surface area contributed by atoms with Crippen LogP contribution in [0, 0.1) is 6.92 Å². The van der Waals surface area contributed by atoms with Crippen molar-refractivity contribution in [2.75, 3.05) is 17.1 Å². The quantitative estimate of drug-likeness (QED) is 0.429. The fourth-order valence-corrected chi connectivity index (χ4v) is 4.37. The van der Waals surface area contributed by atoms with Gasteiger partial charge in [-0.2, -0.15) is 0 Å². The topological polar surface area (TPSA) is 84.5 Å². The van der Waals surface area contributed by atoms with Gasteiger partial charge in [0.15, 0.2) is 0 Å². The number of carbonyl (C=O) groups is 1. The van der Waals surface area contributed by atoms with Crippen LogP contribution in [0.25, 0.3) is 0 Å². The number of nitrogens with one attached hydrogen (secondary N) is 2. The van der Waals surface area contributed by atoms with Crippen molar-refractivity contribution >= 4 is 38.9 Å². The van der Waals surface area contributed by atoms with Crippen LogP contribution in [0.2, 0.25) is 5.02 Å². The Morgan fingerprint density at radius 2 is 1.84 bits per heavy atom. The van der Waals surface area contributed by atoms with Gasteiger partial charge in [-0.05, 0) is 79.1 Å². The van der Waals surface area contributed by atoms with E-state index in [1.54, 1.807) is 56.5 Å². The number of methoxy groups -OCH3 is 1. The van der Waals surface area contributed by atoms with Crippen molar-refractivity contribution in [1.82, 2.24) is 0 Å². The van der Waals surface area contributed by atoms with Gasteiger partial charge in [-0.25, -0.2) is 8.42 Å². The third-order valence-electron chi connectivity index (χ3n) is 4.84. The molecule has 0 bridgehead atoms. The molecule has 8 heteroatoms. The first-order valence-corrected chi connectivity index (χ1v) is 11.6. The molecule has 0 radical (unpaired) electrons. The monoisotopic (exact) mass is 470 g/mol. The molecule has 0 heterocycles. The molecule has 0 saturated heterocycles. The fraction of sp³-hybridized carbons (Fsp3) is 0.125. The summed E-state index contributed by atoms with van der Waals surface area (Å²) in [6.45, 7) is 5.45. The third kappa shape index (κ3) is 5.30. The summed E-state index contributed by atoms with van der Waals surface area (Å²) in [5, 5.41) is 3.24. The number of allylic oxidation sites excluding steroid dienone is 1. The van der Waals surface area contributed by atoms with Crippen molar-refractivity contribution < 1.29 is 17.9 Å². The summed E-state index contributed by atoms with van der Waals surface area (Å²) in [7, 11) is -2.24. The minimum Gasteiger partial charge on any atom is -0.496 e. The van der Waals surface area contributed by atoms with Gasteiger partial charge in [0.05, 0.1) is 17.7 Å². The van der Waals surface area contributed by atoms with Crippen LogP contribution < -0.4 is 14.8 Å². The van der Waals surface area contributed by atoms with Crippen molar-refractivity contribution in [3.05, 3.63) is 95.0 Å². The zero-order valence-electron chi connectivity index (χ0n) is 17.7. The van der Waals surface area contributed by atoms with E-state index in [-0.39, 0.29) is 10.8 Å².